The molecule has 38 heavy (non-hydrogen) atoms. The Kier molecular flexibility index (Phi) is 7.30. The van der Waals surface area contributed by atoms with Gasteiger partial charge in [-0.15, -0.1) is 0 Å². The molecule has 8 nitrogen and oxygen atoms in total. The number of benzene rings is 2. The highest BCUT2D eigenvalue weighted by Gasteiger charge is 2.38. The molecule has 2 aromatic rings. The van der Waals surface area contributed by atoms with Gasteiger partial charge in [0.2, 0.25) is 0 Å². The summed E-state index contributed by atoms with van der Waals surface area (Å²) in [6, 6.07) is 12.9. The minimum atomic E-state index is -0.683. The average molecular weight is 523 g/mol. The number of likely N-dealkylation sites (tertiary alicyclic amines) is 1. The maximum absolute atomic E-state index is 14.0. The Bertz CT molecular complexity index is 1290. The van der Waals surface area contributed by atoms with Crippen LogP contribution in [-0.2, 0) is 27.5 Å². The maximum Gasteiger partial charge on any atom is 0.410 e. The van der Waals surface area contributed by atoms with Gasteiger partial charge in [-0.2, -0.15) is 0 Å². The lowest BCUT2D eigenvalue weighted by Crippen LogP contribution is -2.43. The number of hydrogen-bond donors (Lipinski definition) is 2. The second-order valence-electron chi connectivity index (χ2n) is 9.27. The van der Waals surface area contributed by atoms with Crippen molar-refractivity contribution in [3.8, 4) is 0 Å². The number of amides is 2. The molecule has 0 aromatic heterocycles. The molecular weight excluding hydrogens is 494 g/mol. The largest absolute Gasteiger partial charge is 0.489 e. The van der Waals surface area contributed by atoms with Crippen LogP contribution in [0.25, 0.3) is 0 Å². The first kappa shape index (κ1) is 25.3. The standard InChI is InChI=1S/C28H28F2N4O4/c1-18-25(27(35)32-20-12-14-33(15-20)28(36)38-16-19-7-3-2-4-8-19)34-13-6-11-24(26(34)31-18)37-17-21-22(29)9-5-10-23(21)30/h2-11,13,20,26,31H,12,14-17H2,1H3,(H,32,35)/t20-,26?/m0/s1. The molecule has 2 atom stereocenters. The maximum atomic E-state index is 14.0. The van der Waals surface area contributed by atoms with Crippen molar-refractivity contribution in [2.75, 3.05) is 13.1 Å². The Labute approximate surface area is 219 Å². The Balaban J connectivity index is 1.15. The molecule has 1 saturated heterocycles. The van der Waals surface area contributed by atoms with Crippen molar-refractivity contribution in [3.63, 3.8) is 0 Å². The van der Waals surface area contributed by atoms with Crippen LogP contribution >= 0.6 is 0 Å². The third-order valence-corrected chi connectivity index (χ3v) is 6.67. The highest BCUT2D eigenvalue weighted by atomic mass is 19.1. The van der Waals surface area contributed by atoms with Gasteiger partial charge in [-0.25, -0.2) is 13.6 Å². The Morgan fingerprint density at radius 2 is 1.84 bits per heavy atom. The Hall–Kier alpha value is -4.34. The molecule has 0 saturated carbocycles. The highest BCUT2D eigenvalue weighted by Crippen LogP contribution is 2.30. The summed E-state index contributed by atoms with van der Waals surface area (Å²) in [5.41, 5.74) is 1.77. The summed E-state index contributed by atoms with van der Waals surface area (Å²) in [5, 5.41) is 6.22. The van der Waals surface area contributed by atoms with Crippen molar-refractivity contribution in [2.45, 2.75) is 38.8 Å². The first-order valence-corrected chi connectivity index (χ1v) is 12.4. The van der Waals surface area contributed by atoms with Gasteiger partial charge in [0.25, 0.3) is 5.91 Å². The first-order chi connectivity index (χ1) is 18.4. The van der Waals surface area contributed by atoms with Crippen LogP contribution in [0.2, 0.25) is 0 Å². The molecule has 1 fully saturated rings. The van der Waals surface area contributed by atoms with Gasteiger partial charge in [0.05, 0.1) is 5.56 Å². The number of halogens is 2. The minimum absolute atomic E-state index is 0.164. The van der Waals surface area contributed by atoms with Crippen LogP contribution in [0.3, 0.4) is 0 Å². The fourth-order valence-electron chi connectivity index (χ4n) is 4.70. The zero-order chi connectivity index (χ0) is 26.6. The van der Waals surface area contributed by atoms with Gasteiger partial charge in [-0.3, -0.25) is 4.79 Å². The number of nitrogens with one attached hydrogen (secondary N) is 2. The SMILES string of the molecule is CC1=C(C(=O)N[C@H]2CCN(C(=O)OCc3ccccc3)C2)N2C=CC=C(OCc3c(F)cccc3F)C2N1. The topological polar surface area (TPSA) is 83.1 Å². The van der Waals surface area contributed by atoms with Crippen LogP contribution in [-0.4, -0.2) is 47.1 Å². The fraction of sp³-hybridized carbons (Fsp3) is 0.286. The average Bonchev–Trinajstić information content (AvgIpc) is 3.51. The third-order valence-electron chi connectivity index (χ3n) is 6.67. The molecule has 0 aliphatic carbocycles. The number of carbonyl (C=O) groups excluding carboxylic acids is 2. The Morgan fingerprint density at radius 3 is 2.61 bits per heavy atom. The van der Waals surface area contributed by atoms with E-state index in [0.29, 0.717) is 36.7 Å². The predicted molar refractivity (Wildman–Crippen MR) is 135 cm³/mol. The van der Waals surface area contributed by atoms with Gasteiger partial charge in [0.15, 0.2) is 6.17 Å². The van der Waals surface area contributed by atoms with Gasteiger partial charge in [0.1, 0.15) is 36.3 Å². The van der Waals surface area contributed by atoms with E-state index in [2.05, 4.69) is 10.6 Å². The van der Waals surface area contributed by atoms with Crippen molar-refractivity contribution < 1.29 is 27.8 Å². The molecule has 3 heterocycles. The summed E-state index contributed by atoms with van der Waals surface area (Å²) >= 11 is 0. The van der Waals surface area contributed by atoms with Gasteiger partial charge in [-0.05, 0) is 43.2 Å². The van der Waals surface area contributed by atoms with E-state index in [9.17, 15) is 18.4 Å². The van der Waals surface area contributed by atoms with Crippen molar-refractivity contribution in [1.82, 2.24) is 20.4 Å². The van der Waals surface area contributed by atoms with Crippen LogP contribution in [0.5, 0.6) is 0 Å². The molecule has 198 valence electrons. The predicted octanol–water partition coefficient (Wildman–Crippen LogP) is 3.88. The van der Waals surface area contributed by atoms with Crippen LogP contribution in [0.15, 0.2) is 84.0 Å². The summed E-state index contributed by atoms with van der Waals surface area (Å²) in [6.07, 6.45) is 4.80. The summed E-state index contributed by atoms with van der Waals surface area (Å²) in [7, 11) is 0. The van der Waals surface area contributed by atoms with Crippen molar-refractivity contribution in [2.24, 2.45) is 0 Å². The number of rotatable bonds is 7. The van der Waals surface area contributed by atoms with Gasteiger partial charge in [-0.1, -0.05) is 36.4 Å². The van der Waals surface area contributed by atoms with E-state index in [1.807, 2.05) is 30.3 Å². The zero-order valence-electron chi connectivity index (χ0n) is 20.8. The summed E-state index contributed by atoms with van der Waals surface area (Å²) in [6.45, 7) is 2.50. The lowest BCUT2D eigenvalue weighted by atomic mass is 10.2. The number of fused-ring (bicyclic) bond motifs is 1. The van der Waals surface area contributed by atoms with E-state index in [-0.39, 0.29) is 30.7 Å². The lowest BCUT2D eigenvalue weighted by Gasteiger charge is -2.29. The van der Waals surface area contributed by atoms with Crippen molar-refractivity contribution >= 4 is 12.0 Å². The fourth-order valence-corrected chi connectivity index (χ4v) is 4.70. The number of allylic oxidation sites excluding steroid dienone is 3. The van der Waals surface area contributed by atoms with E-state index in [0.717, 1.165) is 5.56 Å². The van der Waals surface area contributed by atoms with E-state index in [1.165, 1.54) is 18.2 Å². The molecule has 0 radical (unpaired) electrons. The lowest BCUT2D eigenvalue weighted by molar-refractivity contribution is -0.119. The third kappa shape index (κ3) is 5.34. The van der Waals surface area contributed by atoms with Crippen molar-refractivity contribution in [3.05, 3.63) is 107 Å². The molecule has 1 unspecified atom stereocenters. The Morgan fingerprint density at radius 1 is 1.08 bits per heavy atom. The first-order valence-electron chi connectivity index (χ1n) is 12.4. The van der Waals surface area contributed by atoms with Gasteiger partial charge < -0.3 is 29.9 Å². The summed E-state index contributed by atoms with van der Waals surface area (Å²) in [4.78, 5) is 29.0. The van der Waals surface area contributed by atoms with E-state index in [4.69, 9.17) is 9.47 Å². The smallest absolute Gasteiger partial charge is 0.410 e. The molecule has 0 spiro atoms. The van der Waals surface area contributed by atoms with Gasteiger partial charge >= 0.3 is 6.09 Å². The second-order valence-corrected chi connectivity index (χ2v) is 9.27. The van der Waals surface area contributed by atoms with Crippen LogP contribution in [0.4, 0.5) is 13.6 Å². The molecule has 3 aliphatic rings. The van der Waals surface area contributed by atoms with E-state index < -0.39 is 23.9 Å². The monoisotopic (exact) mass is 522 g/mol. The highest BCUT2D eigenvalue weighted by molar-refractivity contribution is 5.94. The zero-order valence-corrected chi connectivity index (χ0v) is 20.8. The summed E-state index contributed by atoms with van der Waals surface area (Å²) < 4.78 is 39.2. The molecule has 0 bridgehead atoms. The number of ether oxygens (including phenoxy) is 2. The molecule has 3 aliphatic heterocycles. The molecule has 5 rings (SSSR count). The number of carbonyl (C=O) groups is 2. The quantitative estimate of drug-likeness (QED) is 0.575. The normalized spacial score (nSPS) is 20.1. The summed E-state index contributed by atoms with van der Waals surface area (Å²) in [5.74, 6) is -1.24. The number of hydrogen-bond acceptors (Lipinski definition) is 6. The number of nitrogens with zero attached hydrogens (tertiary/aromatic N) is 2. The minimum Gasteiger partial charge on any atom is -0.489 e. The van der Waals surface area contributed by atoms with E-state index in [1.54, 1.807) is 35.1 Å². The molecule has 10 heteroatoms. The molecule has 2 aromatic carbocycles. The molecule has 2 amide bonds. The van der Waals surface area contributed by atoms with Crippen LogP contribution < -0.4 is 10.6 Å². The van der Waals surface area contributed by atoms with E-state index >= 15 is 0 Å². The molecule has 2 N–H and O–H groups in total. The second kappa shape index (κ2) is 11.0. The van der Waals surface area contributed by atoms with Gasteiger partial charge in [0, 0.05) is 31.0 Å². The molecular formula is C28H28F2N4O4. The van der Waals surface area contributed by atoms with Crippen LogP contribution in [0, 0.1) is 11.6 Å². The van der Waals surface area contributed by atoms with Crippen LogP contribution in [0.1, 0.15) is 24.5 Å². The van der Waals surface area contributed by atoms with Crippen molar-refractivity contribution in [1.29, 1.82) is 0 Å².